The van der Waals surface area contributed by atoms with Crippen molar-refractivity contribution in [1.82, 2.24) is 10.6 Å². The summed E-state index contributed by atoms with van der Waals surface area (Å²) in [5.74, 6) is -2.01. The van der Waals surface area contributed by atoms with Gasteiger partial charge in [0.25, 0.3) is 0 Å². The first-order valence-corrected chi connectivity index (χ1v) is 6.46. The lowest BCUT2D eigenvalue weighted by atomic mass is 10.1. The molecule has 0 aromatic carbocycles. The van der Waals surface area contributed by atoms with Gasteiger partial charge < -0.3 is 21.5 Å². The Morgan fingerprint density at radius 2 is 1.42 bits per heavy atom. The molecule has 0 saturated heterocycles. The van der Waals surface area contributed by atoms with Crippen molar-refractivity contribution in [3.05, 3.63) is 0 Å². The van der Waals surface area contributed by atoms with Crippen LogP contribution in [-0.4, -0.2) is 41.0 Å². The molecule has 0 aliphatic heterocycles. The average molecular weight is 273 g/mol. The van der Waals surface area contributed by atoms with E-state index in [1.54, 1.807) is 20.8 Å². The highest BCUT2D eigenvalue weighted by molar-refractivity contribution is 5.91. The molecule has 0 heterocycles. The first-order chi connectivity index (χ1) is 8.87. The molecular weight excluding hydrogens is 250 g/mol. The van der Waals surface area contributed by atoms with Crippen molar-refractivity contribution in [2.45, 2.75) is 58.2 Å². The zero-order chi connectivity index (χ0) is 15.0. The maximum atomic E-state index is 11.9. The maximum absolute atomic E-state index is 11.9. The van der Waals surface area contributed by atoms with Gasteiger partial charge in [0.15, 0.2) is 0 Å². The summed E-state index contributed by atoms with van der Waals surface area (Å²) >= 11 is 0. The summed E-state index contributed by atoms with van der Waals surface area (Å²) in [5.41, 5.74) is 5.56. The van der Waals surface area contributed by atoms with Gasteiger partial charge in [-0.25, -0.2) is 4.79 Å². The number of carbonyl (C=O) groups excluding carboxylic acids is 2. The zero-order valence-corrected chi connectivity index (χ0v) is 11.6. The van der Waals surface area contributed by atoms with Gasteiger partial charge in [0.05, 0.1) is 6.04 Å². The van der Waals surface area contributed by atoms with Crippen LogP contribution < -0.4 is 16.4 Å². The molecule has 7 heteroatoms. The maximum Gasteiger partial charge on any atom is 0.326 e. The lowest BCUT2D eigenvalue weighted by Crippen LogP contribution is -2.54. The van der Waals surface area contributed by atoms with E-state index in [9.17, 15) is 14.4 Å². The largest absolute Gasteiger partial charge is 0.480 e. The molecule has 3 atom stereocenters. The van der Waals surface area contributed by atoms with Gasteiger partial charge >= 0.3 is 5.97 Å². The van der Waals surface area contributed by atoms with Gasteiger partial charge in [-0.05, 0) is 19.3 Å². The SMILES string of the molecule is CCC(N)C(=O)NC(CC)C(=O)NC(CC)C(=O)O. The average Bonchev–Trinajstić information content (AvgIpc) is 2.39. The van der Waals surface area contributed by atoms with Crippen LogP contribution in [0.1, 0.15) is 40.0 Å². The van der Waals surface area contributed by atoms with E-state index in [-0.39, 0.29) is 6.42 Å². The third-order valence-electron chi connectivity index (χ3n) is 2.84. The number of carbonyl (C=O) groups is 3. The number of nitrogens with two attached hydrogens (primary N) is 1. The van der Waals surface area contributed by atoms with Crippen LogP contribution in [0.2, 0.25) is 0 Å². The van der Waals surface area contributed by atoms with Crippen LogP contribution in [0.5, 0.6) is 0 Å². The molecule has 0 fully saturated rings. The van der Waals surface area contributed by atoms with Crippen molar-refractivity contribution in [3.63, 3.8) is 0 Å². The van der Waals surface area contributed by atoms with Gasteiger partial charge in [-0.2, -0.15) is 0 Å². The number of hydrogen-bond donors (Lipinski definition) is 4. The van der Waals surface area contributed by atoms with E-state index in [4.69, 9.17) is 10.8 Å². The van der Waals surface area contributed by atoms with Crippen molar-refractivity contribution in [1.29, 1.82) is 0 Å². The summed E-state index contributed by atoms with van der Waals surface area (Å²) in [7, 11) is 0. The minimum absolute atomic E-state index is 0.278. The van der Waals surface area contributed by atoms with E-state index in [1.165, 1.54) is 0 Å². The van der Waals surface area contributed by atoms with Crippen LogP contribution in [0.15, 0.2) is 0 Å². The predicted octanol–water partition coefficient (Wildman–Crippen LogP) is -0.402. The Morgan fingerprint density at radius 3 is 1.79 bits per heavy atom. The van der Waals surface area contributed by atoms with Crippen molar-refractivity contribution >= 4 is 17.8 Å². The van der Waals surface area contributed by atoms with Gasteiger partial charge in [0.2, 0.25) is 11.8 Å². The van der Waals surface area contributed by atoms with Gasteiger partial charge in [-0.1, -0.05) is 20.8 Å². The van der Waals surface area contributed by atoms with Gasteiger partial charge in [0, 0.05) is 0 Å². The summed E-state index contributed by atoms with van der Waals surface area (Å²) < 4.78 is 0. The van der Waals surface area contributed by atoms with E-state index in [0.717, 1.165) is 0 Å². The fourth-order valence-electron chi connectivity index (χ4n) is 1.43. The molecule has 7 nitrogen and oxygen atoms in total. The summed E-state index contributed by atoms with van der Waals surface area (Å²) in [4.78, 5) is 34.3. The quantitative estimate of drug-likeness (QED) is 0.479. The fourth-order valence-corrected chi connectivity index (χ4v) is 1.43. The normalized spacial score (nSPS) is 15.2. The van der Waals surface area contributed by atoms with Crippen molar-refractivity contribution in [2.75, 3.05) is 0 Å². The zero-order valence-electron chi connectivity index (χ0n) is 11.6. The lowest BCUT2D eigenvalue weighted by molar-refractivity contribution is -0.142. The second kappa shape index (κ2) is 8.47. The van der Waals surface area contributed by atoms with E-state index in [1.807, 2.05) is 0 Å². The molecule has 0 radical (unpaired) electrons. The van der Waals surface area contributed by atoms with Crippen LogP contribution in [0.4, 0.5) is 0 Å². The second-order valence-corrected chi connectivity index (χ2v) is 4.29. The molecule has 0 saturated carbocycles. The molecule has 0 aliphatic carbocycles. The summed E-state index contributed by atoms with van der Waals surface area (Å²) in [6.07, 6.45) is 1.11. The number of amides is 2. The second-order valence-electron chi connectivity index (χ2n) is 4.29. The predicted molar refractivity (Wildman–Crippen MR) is 70.3 cm³/mol. The Labute approximate surface area is 112 Å². The molecule has 19 heavy (non-hydrogen) atoms. The minimum atomic E-state index is -1.10. The van der Waals surface area contributed by atoms with Gasteiger partial charge in [0.1, 0.15) is 12.1 Å². The molecule has 0 aliphatic rings. The number of nitrogens with one attached hydrogen (secondary N) is 2. The highest BCUT2D eigenvalue weighted by atomic mass is 16.4. The van der Waals surface area contributed by atoms with Crippen LogP contribution >= 0.6 is 0 Å². The summed E-state index contributed by atoms with van der Waals surface area (Å²) in [6, 6.07) is -2.37. The van der Waals surface area contributed by atoms with Crippen LogP contribution in [0, 0.1) is 0 Å². The van der Waals surface area contributed by atoms with Crippen LogP contribution in [0.3, 0.4) is 0 Å². The van der Waals surface area contributed by atoms with Crippen molar-refractivity contribution < 1.29 is 19.5 Å². The topological polar surface area (TPSA) is 122 Å². The first kappa shape index (κ1) is 17.4. The highest BCUT2D eigenvalue weighted by Gasteiger charge is 2.25. The summed E-state index contributed by atoms with van der Waals surface area (Å²) in [6.45, 7) is 5.15. The molecule has 110 valence electrons. The standard InChI is InChI=1S/C12H23N3O4/c1-4-7(13)10(16)14-8(5-2)11(17)15-9(6-3)12(18)19/h7-9H,4-6,13H2,1-3H3,(H,14,16)(H,15,17)(H,18,19). The van der Waals surface area contributed by atoms with Gasteiger partial charge in [-0.3, -0.25) is 9.59 Å². The van der Waals surface area contributed by atoms with Crippen molar-refractivity contribution in [3.8, 4) is 0 Å². The van der Waals surface area contributed by atoms with E-state index in [0.29, 0.717) is 12.8 Å². The number of carboxylic acid groups (broad SMARTS) is 1. The molecular formula is C12H23N3O4. The molecule has 2 amide bonds. The Kier molecular flexibility index (Phi) is 7.74. The monoisotopic (exact) mass is 273 g/mol. The van der Waals surface area contributed by atoms with Gasteiger partial charge in [-0.15, -0.1) is 0 Å². The molecule has 0 bridgehead atoms. The highest BCUT2D eigenvalue weighted by Crippen LogP contribution is 1.98. The van der Waals surface area contributed by atoms with E-state index in [2.05, 4.69) is 10.6 Å². The molecule has 0 rings (SSSR count). The van der Waals surface area contributed by atoms with E-state index < -0.39 is 35.9 Å². The lowest BCUT2D eigenvalue weighted by Gasteiger charge is -2.21. The number of carboxylic acids is 1. The Hall–Kier alpha value is -1.63. The van der Waals surface area contributed by atoms with Crippen molar-refractivity contribution in [2.24, 2.45) is 5.73 Å². The van der Waals surface area contributed by atoms with E-state index >= 15 is 0 Å². The fraction of sp³-hybridized carbons (Fsp3) is 0.750. The third-order valence-corrected chi connectivity index (χ3v) is 2.84. The Morgan fingerprint density at radius 1 is 0.947 bits per heavy atom. The third kappa shape index (κ3) is 5.69. The smallest absolute Gasteiger partial charge is 0.326 e. The number of rotatable bonds is 8. The minimum Gasteiger partial charge on any atom is -0.480 e. The summed E-state index contributed by atoms with van der Waals surface area (Å²) in [5, 5.41) is 13.8. The first-order valence-electron chi connectivity index (χ1n) is 6.46. The molecule has 5 N–H and O–H groups in total. The van der Waals surface area contributed by atoms with Crippen LogP contribution in [0.25, 0.3) is 0 Å². The number of hydrogen-bond acceptors (Lipinski definition) is 4. The molecule has 3 unspecified atom stereocenters. The van der Waals surface area contributed by atoms with Crippen LogP contribution in [-0.2, 0) is 14.4 Å². The Balaban J connectivity index is 4.56. The number of aliphatic carboxylic acids is 1. The Bertz CT molecular complexity index is 333. The molecule has 0 spiro atoms. The molecule has 0 aromatic heterocycles. The molecule has 0 aromatic rings.